The highest BCUT2D eigenvalue weighted by Crippen LogP contribution is 2.38. The highest BCUT2D eigenvalue weighted by atomic mass is 35.5. The maximum atomic E-state index is 6.32. The summed E-state index contributed by atoms with van der Waals surface area (Å²) in [5, 5.41) is 0.640. The summed E-state index contributed by atoms with van der Waals surface area (Å²) in [7, 11) is 0. The molecule has 0 unspecified atom stereocenters. The molecular formula is C15H22Cl2N2O2. The van der Waals surface area contributed by atoms with Crippen molar-refractivity contribution in [1.82, 2.24) is 4.90 Å². The lowest BCUT2D eigenvalue weighted by atomic mass is 10.1. The molecule has 3 rings (SSSR count). The van der Waals surface area contributed by atoms with E-state index in [2.05, 4.69) is 4.90 Å². The van der Waals surface area contributed by atoms with E-state index < -0.39 is 0 Å². The molecule has 0 saturated carbocycles. The second-order valence-electron chi connectivity index (χ2n) is 5.59. The van der Waals surface area contributed by atoms with Crippen molar-refractivity contribution < 1.29 is 9.47 Å². The van der Waals surface area contributed by atoms with E-state index in [9.17, 15) is 0 Å². The van der Waals surface area contributed by atoms with Crippen LogP contribution in [0.3, 0.4) is 0 Å². The van der Waals surface area contributed by atoms with Crippen molar-refractivity contribution in [3.05, 3.63) is 22.7 Å². The van der Waals surface area contributed by atoms with Crippen LogP contribution in [0, 0.1) is 0 Å². The number of nitrogens with two attached hydrogens (primary N) is 1. The second kappa shape index (κ2) is 7.54. The standard InChI is InChI=1S/C15H21ClN2O2.ClH/c16-13-7-11(9-18-4-1-3-12(17)10-18)8-14-15(13)20-6-2-5-19-14;/h7-8,12H,1-6,9-10,17H2;1H/t12-;/m1./s1. The summed E-state index contributed by atoms with van der Waals surface area (Å²) in [6.07, 6.45) is 3.18. The predicted molar refractivity (Wildman–Crippen MR) is 86.8 cm³/mol. The zero-order valence-electron chi connectivity index (χ0n) is 12.0. The maximum absolute atomic E-state index is 6.32. The Morgan fingerprint density at radius 1 is 1.24 bits per heavy atom. The van der Waals surface area contributed by atoms with E-state index in [1.54, 1.807) is 0 Å². The molecular weight excluding hydrogens is 311 g/mol. The minimum Gasteiger partial charge on any atom is -0.489 e. The molecule has 0 amide bonds. The van der Waals surface area contributed by atoms with Crippen LogP contribution in [0.25, 0.3) is 0 Å². The minimum atomic E-state index is 0. The molecule has 2 N–H and O–H groups in total. The van der Waals surface area contributed by atoms with Gasteiger partial charge in [-0.15, -0.1) is 12.4 Å². The Balaban J connectivity index is 0.00000161. The van der Waals surface area contributed by atoms with E-state index in [0.29, 0.717) is 30.0 Å². The van der Waals surface area contributed by atoms with Crippen LogP contribution in [-0.2, 0) is 6.54 Å². The van der Waals surface area contributed by atoms with Gasteiger partial charge in [0.15, 0.2) is 11.5 Å². The first-order valence-electron chi connectivity index (χ1n) is 7.28. The third kappa shape index (κ3) is 4.16. The zero-order valence-corrected chi connectivity index (χ0v) is 13.6. The number of nitrogens with zero attached hydrogens (tertiary/aromatic N) is 1. The Hall–Kier alpha value is -0.680. The summed E-state index contributed by atoms with van der Waals surface area (Å²) in [6.45, 7) is 4.25. The van der Waals surface area contributed by atoms with Gasteiger partial charge in [-0.2, -0.15) is 0 Å². The lowest BCUT2D eigenvalue weighted by Crippen LogP contribution is -2.42. The van der Waals surface area contributed by atoms with E-state index >= 15 is 0 Å². The molecule has 1 aromatic carbocycles. The van der Waals surface area contributed by atoms with Gasteiger partial charge in [-0.05, 0) is 37.1 Å². The lowest BCUT2D eigenvalue weighted by molar-refractivity contribution is 0.201. The van der Waals surface area contributed by atoms with Crippen LogP contribution in [0.1, 0.15) is 24.8 Å². The average Bonchev–Trinajstić information content (AvgIpc) is 2.64. The van der Waals surface area contributed by atoms with Gasteiger partial charge in [0, 0.05) is 25.6 Å². The van der Waals surface area contributed by atoms with Crippen LogP contribution in [-0.4, -0.2) is 37.2 Å². The molecule has 0 aromatic heterocycles. The lowest BCUT2D eigenvalue weighted by Gasteiger charge is -2.30. The van der Waals surface area contributed by atoms with Crippen LogP contribution in [0.4, 0.5) is 0 Å². The van der Waals surface area contributed by atoms with Crippen LogP contribution in [0.2, 0.25) is 5.02 Å². The zero-order chi connectivity index (χ0) is 13.9. The molecule has 4 nitrogen and oxygen atoms in total. The molecule has 1 atom stereocenters. The molecule has 21 heavy (non-hydrogen) atoms. The monoisotopic (exact) mass is 332 g/mol. The van der Waals surface area contributed by atoms with Crippen LogP contribution in [0.15, 0.2) is 12.1 Å². The molecule has 2 heterocycles. The van der Waals surface area contributed by atoms with Crippen molar-refractivity contribution in [2.45, 2.75) is 31.8 Å². The normalized spacial score (nSPS) is 22.3. The first-order valence-corrected chi connectivity index (χ1v) is 7.66. The van der Waals surface area contributed by atoms with E-state index in [-0.39, 0.29) is 12.4 Å². The highest BCUT2D eigenvalue weighted by molar-refractivity contribution is 6.32. The summed E-state index contributed by atoms with van der Waals surface area (Å²) in [5.74, 6) is 1.45. The fraction of sp³-hybridized carbons (Fsp3) is 0.600. The van der Waals surface area contributed by atoms with Crippen LogP contribution >= 0.6 is 24.0 Å². The summed E-state index contributed by atoms with van der Waals surface area (Å²) >= 11 is 6.32. The smallest absolute Gasteiger partial charge is 0.179 e. The summed E-state index contributed by atoms with van der Waals surface area (Å²) in [5.41, 5.74) is 7.19. The van der Waals surface area contributed by atoms with E-state index in [1.807, 2.05) is 12.1 Å². The van der Waals surface area contributed by atoms with Crippen LogP contribution < -0.4 is 15.2 Å². The van der Waals surface area contributed by atoms with Gasteiger partial charge < -0.3 is 15.2 Å². The summed E-state index contributed by atoms with van der Waals surface area (Å²) in [4.78, 5) is 2.38. The van der Waals surface area contributed by atoms with Gasteiger partial charge in [0.25, 0.3) is 0 Å². The Kier molecular flexibility index (Phi) is 5.99. The average molecular weight is 333 g/mol. The van der Waals surface area contributed by atoms with Gasteiger partial charge in [0.1, 0.15) is 0 Å². The largest absolute Gasteiger partial charge is 0.489 e. The van der Waals surface area contributed by atoms with Gasteiger partial charge in [-0.3, -0.25) is 4.90 Å². The number of benzene rings is 1. The molecule has 0 aliphatic carbocycles. The molecule has 1 aromatic rings. The third-order valence-electron chi connectivity index (χ3n) is 3.81. The fourth-order valence-electron chi connectivity index (χ4n) is 2.87. The van der Waals surface area contributed by atoms with Gasteiger partial charge in [-0.25, -0.2) is 0 Å². The number of piperidine rings is 1. The number of likely N-dealkylation sites (tertiary alicyclic amines) is 1. The van der Waals surface area contributed by atoms with E-state index in [0.717, 1.165) is 43.8 Å². The Labute approximate surface area is 136 Å². The van der Waals surface area contributed by atoms with Gasteiger partial charge >= 0.3 is 0 Å². The molecule has 2 aliphatic rings. The number of hydrogen-bond donors (Lipinski definition) is 1. The van der Waals surface area contributed by atoms with E-state index in [4.69, 9.17) is 26.8 Å². The molecule has 0 radical (unpaired) electrons. The van der Waals surface area contributed by atoms with E-state index in [1.165, 1.54) is 6.42 Å². The van der Waals surface area contributed by atoms with Gasteiger partial charge in [0.2, 0.25) is 0 Å². The first kappa shape index (κ1) is 16.7. The van der Waals surface area contributed by atoms with Crippen molar-refractivity contribution in [3.63, 3.8) is 0 Å². The number of fused-ring (bicyclic) bond motifs is 1. The number of halogens is 2. The van der Waals surface area contributed by atoms with Crippen molar-refractivity contribution in [1.29, 1.82) is 0 Å². The van der Waals surface area contributed by atoms with Gasteiger partial charge in [-0.1, -0.05) is 11.6 Å². The first-order chi connectivity index (χ1) is 9.72. The molecule has 2 aliphatic heterocycles. The molecule has 0 bridgehead atoms. The maximum Gasteiger partial charge on any atom is 0.179 e. The molecule has 1 saturated heterocycles. The third-order valence-corrected chi connectivity index (χ3v) is 4.09. The fourth-order valence-corrected chi connectivity index (χ4v) is 3.16. The van der Waals surface area contributed by atoms with Crippen molar-refractivity contribution >= 4 is 24.0 Å². The van der Waals surface area contributed by atoms with Crippen molar-refractivity contribution in [3.8, 4) is 11.5 Å². The van der Waals surface area contributed by atoms with Crippen molar-refractivity contribution in [2.24, 2.45) is 5.73 Å². The number of hydrogen-bond acceptors (Lipinski definition) is 4. The minimum absolute atomic E-state index is 0. The van der Waals surface area contributed by atoms with Gasteiger partial charge in [0.05, 0.1) is 18.2 Å². The quantitative estimate of drug-likeness (QED) is 0.904. The van der Waals surface area contributed by atoms with Crippen LogP contribution in [0.5, 0.6) is 11.5 Å². The Morgan fingerprint density at radius 3 is 2.86 bits per heavy atom. The highest BCUT2D eigenvalue weighted by Gasteiger charge is 2.19. The molecule has 118 valence electrons. The summed E-state index contributed by atoms with van der Waals surface area (Å²) in [6, 6.07) is 4.32. The second-order valence-corrected chi connectivity index (χ2v) is 6.00. The SMILES string of the molecule is Cl.N[C@@H]1CCCN(Cc2cc(Cl)c3c(c2)OCCCO3)C1. The number of ether oxygens (including phenoxy) is 2. The summed E-state index contributed by atoms with van der Waals surface area (Å²) < 4.78 is 11.4. The predicted octanol–water partition coefficient (Wildman–Crippen LogP) is 2.85. The Bertz CT molecular complexity index is 485. The topological polar surface area (TPSA) is 47.7 Å². The Morgan fingerprint density at radius 2 is 2.05 bits per heavy atom. The molecule has 1 fully saturated rings. The molecule has 0 spiro atoms. The number of rotatable bonds is 2. The molecule has 6 heteroatoms. The van der Waals surface area contributed by atoms with Crippen molar-refractivity contribution in [2.75, 3.05) is 26.3 Å².